The first-order valence-electron chi connectivity index (χ1n) is 9.90. The lowest BCUT2D eigenvalue weighted by atomic mass is 9.46. The quantitative estimate of drug-likeness (QED) is 0.848. The van der Waals surface area contributed by atoms with E-state index in [4.69, 9.17) is 0 Å². The average molecular weight is 328 g/mol. The van der Waals surface area contributed by atoms with Crippen molar-refractivity contribution in [2.24, 2.45) is 17.3 Å². The third kappa shape index (κ3) is 3.04. The van der Waals surface area contributed by atoms with Crippen LogP contribution in [0.1, 0.15) is 63.5 Å². The maximum atomic E-state index is 11.0. The molecule has 0 spiro atoms. The van der Waals surface area contributed by atoms with E-state index in [2.05, 4.69) is 50.4 Å². The minimum absolute atomic E-state index is 0.334. The van der Waals surface area contributed by atoms with Crippen molar-refractivity contribution in [1.29, 1.82) is 0 Å². The first-order chi connectivity index (χ1) is 11.4. The minimum atomic E-state index is -0.347. The van der Waals surface area contributed by atoms with E-state index < -0.39 is 0 Å². The first kappa shape index (κ1) is 16.6. The van der Waals surface area contributed by atoms with E-state index in [1.54, 1.807) is 0 Å². The number of aryl methyl sites for hydroxylation is 1. The van der Waals surface area contributed by atoms with Crippen LogP contribution in [0.3, 0.4) is 0 Å². The number of nitrogens with one attached hydrogen (secondary N) is 1. The molecule has 132 valence electrons. The molecule has 0 saturated heterocycles. The molecular formula is C22H33NO. The molecule has 0 aliphatic heterocycles. The van der Waals surface area contributed by atoms with E-state index in [0.29, 0.717) is 17.5 Å². The van der Waals surface area contributed by atoms with Gasteiger partial charge in [0.2, 0.25) is 0 Å². The van der Waals surface area contributed by atoms with Crippen LogP contribution in [0, 0.1) is 24.2 Å². The monoisotopic (exact) mass is 327 g/mol. The average Bonchev–Trinajstić information content (AvgIpc) is 2.47. The molecule has 4 bridgehead atoms. The Morgan fingerprint density at radius 3 is 2.29 bits per heavy atom. The Hall–Kier alpha value is -0.860. The lowest BCUT2D eigenvalue weighted by Gasteiger charge is -2.62. The van der Waals surface area contributed by atoms with Crippen LogP contribution in [0.2, 0.25) is 0 Å². The second-order valence-corrected chi connectivity index (χ2v) is 9.53. The van der Waals surface area contributed by atoms with Gasteiger partial charge in [-0.15, -0.1) is 0 Å². The van der Waals surface area contributed by atoms with Crippen molar-refractivity contribution in [3.63, 3.8) is 0 Å². The summed E-state index contributed by atoms with van der Waals surface area (Å²) in [6.07, 6.45) is 8.27. The molecule has 2 N–H and O–H groups in total. The van der Waals surface area contributed by atoms with E-state index in [1.807, 2.05) is 0 Å². The molecule has 2 heteroatoms. The summed E-state index contributed by atoms with van der Waals surface area (Å²) in [5.74, 6) is 1.54. The summed E-state index contributed by atoms with van der Waals surface area (Å²) in [7, 11) is 0. The van der Waals surface area contributed by atoms with Crippen LogP contribution in [-0.4, -0.2) is 22.8 Å². The van der Waals surface area contributed by atoms with E-state index in [-0.39, 0.29) is 5.60 Å². The molecule has 0 amide bonds. The summed E-state index contributed by atoms with van der Waals surface area (Å²) in [5, 5.41) is 14.9. The number of hydrogen-bond acceptors (Lipinski definition) is 2. The van der Waals surface area contributed by atoms with Gasteiger partial charge in [-0.3, -0.25) is 0 Å². The largest absolute Gasteiger partial charge is 0.390 e. The Labute approximate surface area is 147 Å². The number of benzene rings is 1. The van der Waals surface area contributed by atoms with Crippen molar-refractivity contribution in [3.8, 4) is 0 Å². The lowest BCUT2D eigenvalue weighted by molar-refractivity contribution is -0.172. The molecule has 4 aliphatic carbocycles. The third-order valence-corrected chi connectivity index (χ3v) is 7.19. The number of aliphatic hydroxyl groups is 1. The van der Waals surface area contributed by atoms with E-state index in [9.17, 15) is 5.11 Å². The Morgan fingerprint density at radius 2 is 1.71 bits per heavy atom. The molecule has 5 rings (SSSR count). The van der Waals surface area contributed by atoms with Crippen LogP contribution in [0.4, 0.5) is 0 Å². The molecule has 0 radical (unpaired) electrons. The van der Waals surface area contributed by atoms with Gasteiger partial charge < -0.3 is 10.4 Å². The van der Waals surface area contributed by atoms with Gasteiger partial charge in [-0.1, -0.05) is 29.8 Å². The van der Waals surface area contributed by atoms with Gasteiger partial charge in [-0.25, -0.2) is 0 Å². The molecule has 4 saturated carbocycles. The van der Waals surface area contributed by atoms with Crippen LogP contribution in [0.5, 0.6) is 0 Å². The zero-order valence-electron chi connectivity index (χ0n) is 15.5. The van der Waals surface area contributed by atoms with Gasteiger partial charge in [-0.05, 0) is 88.5 Å². The smallest absolute Gasteiger partial charge is 0.0659 e. The minimum Gasteiger partial charge on any atom is -0.390 e. The Morgan fingerprint density at radius 1 is 1.08 bits per heavy atom. The molecule has 0 heterocycles. The highest BCUT2D eigenvalue weighted by molar-refractivity contribution is 5.22. The summed E-state index contributed by atoms with van der Waals surface area (Å²) in [6.45, 7) is 6.83. The fraction of sp³-hybridized carbons (Fsp3) is 0.727. The van der Waals surface area contributed by atoms with Gasteiger partial charge in [0.05, 0.1) is 5.60 Å². The Kier molecular flexibility index (Phi) is 4.04. The Bertz CT molecular complexity index is 578. The summed E-state index contributed by atoms with van der Waals surface area (Å²) in [5.41, 5.74) is 2.73. The molecule has 1 aromatic carbocycles. The highest BCUT2D eigenvalue weighted by Crippen LogP contribution is 2.62. The predicted octanol–water partition coefficient (Wildman–Crippen LogP) is 4.24. The van der Waals surface area contributed by atoms with Crippen LogP contribution in [0.25, 0.3) is 0 Å². The normalized spacial score (nSPS) is 39.8. The maximum absolute atomic E-state index is 11.0. The van der Waals surface area contributed by atoms with Crippen molar-refractivity contribution < 1.29 is 5.11 Å². The zero-order chi connectivity index (χ0) is 16.9. The maximum Gasteiger partial charge on any atom is 0.0659 e. The SMILES string of the molecule is Cc1ccc(C[C@@H](C)N[C@@H](C)C23C[C@H]4C[C@@H](CC(O)(C4)C2)C3)cc1. The molecule has 0 unspecified atom stereocenters. The fourth-order valence-corrected chi connectivity index (χ4v) is 6.53. The van der Waals surface area contributed by atoms with Crippen molar-refractivity contribution >= 4 is 0 Å². The van der Waals surface area contributed by atoms with E-state index in [0.717, 1.165) is 37.5 Å². The number of rotatable bonds is 5. The van der Waals surface area contributed by atoms with Crippen molar-refractivity contribution in [2.45, 2.75) is 83.4 Å². The molecule has 4 aliphatic rings. The molecule has 1 aromatic rings. The van der Waals surface area contributed by atoms with E-state index in [1.165, 1.54) is 30.4 Å². The topological polar surface area (TPSA) is 32.3 Å². The zero-order valence-corrected chi connectivity index (χ0v) is 15.5. The number of hydrogen-bond donors (Lipinski definition) is 2. The molecule has 2 nitrogen and oxygen atoms in total. The van der Waals surface area contributed by atoms with Crippen LogP contribution < -0.4 is 5.32 Å². The van der Waals surface area contributed by atoms with Crippen LogP contribution in [-0.2, 0) is 6.42 Å². The van der Waals surface area contributed by atoms with Crippen LogP contribution >= 0.6 is 0 Å². The Balaban J connectivity index is 1.42. The summed E-state index contributed by atoms with van der Waals surface area (Å²) in [4.78, 5) is 0. The standard InChI is InChI=1S/C22H33NO/c1-15-4-6-18(7-5-15)8-16(2)23-17(3)21-10-19-9-20(11-21)13-22(24,12-19)14-21/h4-7,16-17,19-20,23-24H,8-14H2,1-3H3/t16-,17+,19-,20-,21?,22?/m1/s1. The van der Waals surface area contributed by atoms with E-state index >= 15 is 0 Å². The molecule has 24 heavy (non-hydrogen) atoms. The first-order valence-corrected chi connectivity index (χ1v) is 9.90. The third-order valence-electron chi connectivity index (χ3n) is 7.19. The molecule has 4 fully saturated rings. The second kappa shape index (κ2) is 5.85. The second-order valence-electron chi connectivity index (χ2n) is 9.53. The van der Waals surface area contributed by atoms with Gasteiger partial charge in [0.25, 0.3) is 0 Å². The van der Waals surface area contributed by atoms with Gasteiger partial charge in [-0.2, -0.15) is 0 Å². The molecule has 0 aromatic heterocycles. The summed E-state index contributed by atoms with van der Waals surface area (Å²) < 4.78 is 0. The molecule has 4 atom stereocenters. The fourth-order valence-electron chi connectivity index (χ4n) is 6.53. The lowest BCUT2D eigenvalue weighted by Crippen LogP contribution is -2.62. The van der Waals surface area contributed by atoms with Gasteiger partial charge in [0.15, 0.2) is 0 Å². The van der Waals surface area contributed by atoms with Gasteiger partial charge in [0.1, 0.15) is 0 Å². The van der Waals surface area contributed by atoms with Gasteiger partial charge >= 0.3 is 0 Å². The van der Waals surface area contributed by atoms with Crippen molar-refractivity contribution in [1.82, 2.24) is 5.32 Å². The highest BCUT2D eigenvalue weighted by atomic mass is 16.3. The van der Waals surface area contributed by atoms with Crippen molar-refractivity contribution in [3.05, 3.63) is 35.4 Å². The highest BCUT2D eigenvalue weighted by Gasteiger charge is 2.58. The van der Waals surface area contributed by atoms with Gasteiger partial charge in [0, 0.05) is 12.1 Å². The summed E-state index contributed by atoms with van der Waals surface area (Å²) >= 11 is 0. The van der Waals surface area contributed by atoms with Crippen molar-refractivity contribution in [2.75, 3.05) is 0 Å². The van der Waals surface area contributed by atoms with Crippen LogP contribution in [0.15, 0.2) is 24.3 Å². The molecular weight excluding hydrogens is 294 g/mol. The predicted molar refractivity (Wildman–Crippen MR) is 99.0 cm³/mol. The summed E-state index contributed by atoms with van der Waals surface area (Å²) in [6, 6.07) is 9.90.